The van der Waals surface area contributed by atoms with E-state index in [1.54, 1.807) is 39.3 Å². The van der Waals surface area contributed by atoms with Gasteiger partial charge in [-0.1, -0.05) is 0 Å². The van der Waals surface area contributed by atoms with Crippen LogP contribution in [-0.2, 0) is 23.1 Å². The summed E-state index contributed by atoms with van der Waals surface area (Å²) in [4.78, 5) is 26.9. The monoisotopic (exact) mass is 578 g/mol. The molecule has 1 aromatic carbocycles. The highest BCUT2D eigenvalue weighted by Crippen LogP contribution is 2.42. The van der Waals surface area contributed by atoms with Crippen LogP contribution in [0.3, 0.4) is 0 Å². The maximum Gasteiger partial charge on any atom is 0.274 e. The Bertz CT molecular complexity index is 1510. The average molecular weight is 579 g/mol. The zero-order valence-electron chi connectivity index (χ0n) is 24.0. The van der Waals surface area contributed by atoms with Gasteiger partial charge in [0.15, 0.2) is 0 Å². The smallest absolute Gasteiger partial charge is 0.274 e. The lowest BCUT2D eigenvalue weighted by Gasteiger charge is -2.47. The van der Waals surface area contributed by atoms with Gasteiger partial charge in [0.2, 0.25) is 10.0 Å². The standard InChI is InChI=1S/C30H38N6O4S/c1-22-18-25(40-3)19-23(2)28(22)41(38,39)36-17-16-35-20-26(32-27(35)21-36)29(37)34-14-8-30(9-15-34)6-12-33(13-7-30)24-4-10-31-11-5-24/h4-5,10-11,18-20H,6-9,12-17,21H2,1-3H3. The SMILES string of the molecule is COc1cc(C)c(S(=O)(=O)N2CCn3cc(C(=O)N4CCC5(CC4)CCN(c4ccncc4)CC5)nc3C2)c(C)c1. The van der Waals surface area contributed by atoms with Crippen molar-refractivity contribution in [2.24, 2.45) is 5.41 Å². The van der Waals surface area contributed by atoms with Gasteiger partial charge >= 0.3 is 0 Å². The molecule has 0 bridgehead atoms. The molecule has 5 heterocycles. The van der Waals surface area contributed by atoms with E-state index in [-0.39, 0.29) is 12.5 Å². The number of carbonyl (C=O) groups is 1. The van der Waals surface area contributed by atoms with Crippen LogP contribution < -0.4 is 9.64 Å². The van der Waals surface area contributed by atoms with E-state index in [4.69, 9.17) is 4.74 Å². The lowest BCUT2D eigenvalue weighted by atomic mass is 9.71. The fourth-order valence-corrected chi connectivity index (χ4v) is 8.54. The summed E-state index contributed by atoms with van der Waals surface area (Å²) >= 11 is 0. The van der Waals surface area contributed by atoms with E-state index < -0.39 is 10.0 Å². The first-order valence-electron chi connectivity index (χ1n) is 14.3. The number of carbonyl (C=O) groups excluding carboxylic acids is 1. The van der Waals surface area contributed by atoms with E-state index in [0.717, 1.165) is 51.9 Å². The number of aryl methyl sites for hydroxylation is 2. The predicted molar refractivity (Wildman–Crippen MR) is 156 cm³/mol. The number of ether oxygens (including phenoxy) is 1. The van der Waals surface area contributed by atoms with Crippen molar-refractivity contribution < 1.29 is 17.9 Å². The summed E-state index contributed by atoms with van der Waals surface area (Å²) in [7, 11) is -2.17. The molecule has 2 saturated heterocycles. The molecule has 10 nitrogen and oxygen atoms in total. The molecule has 0 radical (unpaired) electrons. The van der Waals surface area contributed by atoms with Crippen molar-refractivity contribution in [3.8, 4) is 5.75 Å². The van der Waals surface area contributed by atoms with Crippen LogP contribution in [0.25, 0.3) is 0 Å². The Balaban J connectivity index is 1.09. The molecule has 6 rings (SSSR count). The third-order valence-electron chi connectivity index (χ3n) is 9.22. The van der Waals surface area contributed by atoms with Crippen molar-refractivity contribution in [3.63, 3.8) is 0 Å². The lowest BCUT2D eigenvalue weighted by Crippen LogP contribution is -2.48. The molecular weight excluding hydrogens is 540 g/mol. The first-order chi connectivity index (χ1) is 19.7. The number of benzene rings is 1. The first-order valence-corrected chi connectivity index (χ1v) is 15.8. The number of hydrogen-bond donors (Lipinski definition) is 0. The second-order valence-corrected chi connectivity index (χ2v) is 13.5. The Morgan fingerprint density at radius 2 is 1.56 bits per heavy atom. The van der Waals surface area contributed by atoms with Gasteiger partial charge in [0.25, 0.3) is 5.91 Å². The van der Waals surface area contributed by atoms with Gasteiger partial charge < -0.3 is 19.1 Å². The zero-order chi connectivity index (χ0) is 28.8. The summed E-state index contributed by atoms with van der Waals surface area (Å²) in [5.74, 6) is 1.17. The third kappa shape index (κ3) is 5.21. The highest BCUT2D eigenvalue weighted by Gasteiger charge is 2.39. The van der Waals surface area contributed by atoms with Gasteiger partial charge in [0.05, 0.1) is 18.6 Å². The van der Waals surface area contributed by atoms with E-state index in [9.17, 15) is 13.2 Å². The predicted octanol–water partition coefficient (Wildman–Crippen LogP) is 3.63. The van der Waals surface area contributed by atoms with Crippen molar-refractivity contribution in [2.45, 2.75) is 57.5 Å². The molecular formula is C30H38N6O4S. The van der Waals surface area contributed by atoms with E-state index in [1.807, 2.05) is 21.9 Å². The summed E-state index contributed by atoms with van der Waals surface area (Å²) in [6, 6.07) is 7.63. The van der Waals surface area contributed by atoms with Gasteiger partial charge in [-0.2, -0.15) is 4.31 Å². The van der Waals surface area contributed by atoms with E-state index in [1.165, 1.54) is 9.99 Å². The number of sulfonamides is 1. The van der Waals surface area contributed by atoms with Crippen LogP contribution in [0.2, 0.25) is 0 Å². The second kappa shape index (κ2) is 10.8. The minimum atomic E-state index is -3.74. The van der Waals surface area contributed by atoms with E-state index in [0.29, 0.717) is 51.8 Å². The van der Waals surface area contributed by atoms with Crippen LogP contribution in [0, 0.1) is 19.3 Å². The number of amides is 1. The lowest BCUT2D eigenvalue weighted by molar-refractivity contribution is 0.0510. The normalized spacial score (nSPS) is 19.3. The van der Waals surface area contributed by atoms with Gasteiger partial charge in [0.1, 0.15) is 17.3 Å². The molecule has 2 aromatic heterocycles. The first kappa shape index (κ1) is 27.7. The summed E-state index contributed by atoms with van der Waals surface area (Å²) in [6.07, 6.45) is 9.75. The van der Waals surface area contributed by atoms with E-state index in [2.05, 4.69) is 27.0 Å². The van der Waals surface area contributed by atoms with Crippen molar-refractivity contribution in [1.82, 2.24) is 23.7 Å². The molecule has 1 amide bonds. The van der Waals surface area contributed by atoms with Crippen molar-refractivity contribution in [3.05, 3.63) is 65.5 Å². The summed E-state index contributed by atoms with van der Waals surface area (Å²) < 4.78 is 36.0. The Morgan fingerprint density at radius 1 is 0.927 bits per heavy atom. The topological polar surface area (TPSA) is 101 Å². The Labute approximate surface area is 242 Å². The molecule has 11 heteroatoms. The van der Waals surface area contributed by atoms with Crippen molar-refractivity contribution >= 4 is 21.6 Å². The number of imidazole rings is 1. The number of fused-ring (bicyclic) bond motifs is 1. The van der Waals surface area contributed by atoms with Crippen LogP contribution in [-0.4, -0.2) is 77.9 Å². The van der Waals surface area contributed by atoms with Gasteiger partial charge in [-0.05, 0) is 80.3 Å². The van der Waals surface area contributed by atoms with Crippen LogP contribution in [0.4, 0.5) is 5.69 Å². The minimum absolute atomic E-state index is 0.0628. The molecule has 0 atom stereocenters. The largest absolute Gasteiger partial charge is 0.497 e. The van der Waals surface area contributed by atoms with Gasteiger partial charge in [0, 0.05) is 63.5 Å². The van der Waals surface area contributed by atoms with Crippen molar-refractivity contribution in [2.75, 3.05) is 44.7 Å². The van der Waals surface area contributed by atoms with E-state index >= 15 is 0 Å². The third-order valence-corrected chi connectivity index (χ3v) is 11.4. The number of nitrogens with zero attached hydrogens (tertiary/aromatic N) is 6. The quantitative estimate of drug-likeness (QED) is 0.456. The molecule has 218 valence electrons. The number of rotatable bonds is 5. The maximum absolute atomic E-state index is 13.6. The number of methoxy groups -OCH3 is 1. The average Bonchev–Trinajstić information content (AvgIpc) is 3.41. The molecule has 3 aromatic rings. The Hall–Kier alpha value is -3.44. The molecule has 41 heavy (non-hydrogen) atoms. The Kier molecular flexibility index (Phi) is 7.27. The summed E-state index contributed by atoms with van der Waals surface area (Å²) in [5, 5.41) is 0. The molecule has 2 fully saturated rings. The second-order valence-electron chi connectivity index (χ2n) is 11.6. The molecule has 0 aliphatic carbocycles. The number of aromatic nitrogens is 3. The number of piperidine rings is 2. The minimum Gasteiger partial charge on any atom is -0.497 e. The van der Waals surface area contributed by atoms with Gasteiger partial charge in [-0.15, -0.1) is 0 Å². The summed E-state index contributed by atoms with van der Waals surface area (Å²) in [6.45, 7) is 8.01. The van der Waals surface area contributed by atoms with Gasteiger partial charge in [-0.25, -0.2) is 13.4 Å². The summed E-state index contributed by atoms with van der Waals surface area (Å²) in [5.41, 5.74) is 3.22. The number of anilines is 1. The molecule has 3 aliphatic rings. The number of likely N-dealkylation sites (tertiary alicyclic amines) is 1. The highest BCUT2D eigenvalue weighted by molar-refractivity contribution is 7.89. The molecule has 3 aliphatic heterocycles. The number of hydrogen-bond acceptors (Lipinski definition) is 7. The van der Waals surface area contributed by atoms with Crippen LogP contribution in [0.15, 0.2) is 47.8 Å². The molecule has 1 spiro atoms. The molecule has 0 N–H and O–H groups in total. The fraction of sp³-hybridized carbons (Fsp3) is 0.500. The molecule has 0 saturated carbocycles. The molecule has 0 unspecified atom stereocenters. The van der Waals surface area contributed by atoms with Crippen molar-refractivity contribution in [1.29, 1.82) is 0 Å². The Morgan fingerprint density at radius 3 is 2.20 bits per heavy atom. The van der Waals surface area contributed by atoms with Crippen LogP contribution in [0.1, 0.15) is 53.1 Å². The number of pyridine rings is 1. The van der Waals surface area contributed by atoms with Crippen LogP contribution in [0.5, 0.6) is 5.75 Å². The van der Waals surface area contributed by atoms with Crippen LogP contribution >= 0.6 is 0 Å². The zero-order valence-corrected chi connectivity index (χ0v) is 24.9. The van der Waals surface area contributed by atoms with Gasteiger partial charge in [-0.3, -0.25) is 9.78 Å². The highest BCUT2D eigenvalue weighted by atomic mass is 32.2. The fourth-order valence-electron chi connectivity index (χ4n) is 6.74. The maximum atomic E-state index is 13.6.